The number of hydrogen-bond acceptors (Lipinski definition) is 4. The van der Waals surface area contributed by atoms with Gasteiger partial charge < -0.3 is 9.47 Å². The summed E-state index contributed by atoms with van der Waals surface area (Å²) in [5.74, 6) is 5.77. The summed E-state index contributed by atoms with van der Waals surface area (Å²) < 4.78 is 12.2. The Morgan fingerprint density at radius 2 is 0.816 bits per heavy atom. The van der Waals surface area contributed by atoms with Crippen LogP contribution in [-0.2, 0) is 43.6 Å². The molecule has 0 saturated heterocycles. The Bertz CT molecular complexity index is 643. The molecule has 0 N–H and O–H groups in total. The molecule has 0 aromatic heterocycles. The van der Waals surface area contributed by atoms with Gasteiger partial charge in [-0.05, 0) is 49.4 Å². The number of aliphatic imine (C=N–C) groups is 2. The largest absolute Gasteiger partial charge is 0.478 e. The monoisotopic (exact) mass is 612 g/mol. The van der Waals surface area contributed by atoms with Crippen molar-refractivity contribution in [1.29, 1.82) is 0 Å². The van der Waals surface area contributed by atoms with Gasteiger partial charge in [-0.1, -0.05) is 105 Å². The molecule has 0 radical (unpaired) electrons. The van der Waals surface area contributed by atoms with Crippen molar-refractivity contribution in [3.8, 4) is 0 Å². The zero-order chi connectivity index (χ0) is 25.3. The molecule has 6 aliphatic rings. The van der Waals surface area contributed by atoms with E-state index in [4.69, 9.17) is 19.5 Å². The van der Waals surface area contributed by atoms with Gasteiger partial charge >= 0.3 is 0 Å². The maximum atomic E-state index is 6.10. The van der Waals surface area contributed by atoms with Crippen LogP contribution in [0.2, 0.25) is 0 Å². The molecule has 0 bridgehead atoms. The van der Waals surface area contributed by atoms with Crippen LogP contribution in [0, 0.1) is 35.5 Å². The number of rotatable bonds is 5. The van der Waals surface area contributed by atoms with E-state index in [1.807, 2.05) is 0 Å². The molecule has 0 aromatic rings. The summed E-state index contributed by atoms with van der Waals surface area (Å²) in [6.45, 7) is 10.6. The molecule has 4 unspecified atom stereocenters. The van der Waals surface area contributed by atoms with Gasteiger partial charge in [-0.15, -0.1) is 0 Å². The van der Waals surface area contributed by atoms with E-state index in [0.29, 0.717) is 47.6 Å². The minimum atomic E-state index is 0. The molecule has 6 rings (SSSR count). The van der Waals surface area contributed by atoms with Crippen molar-refractivity contribution in [3.05, 3.63) is 0 Å². The van der Waals surface area contributed by atoms with Crippen molar-refractivity contribution in [2.24, 2.45) is 45.5 Å². The first-order valence-corrected chi connectivity index (χ1v) is 16.0. The third-order valence-electron chi connectivity index (χ3n) is 9.75. The normalized spacial score (nSPS) is 33.7. The molecular weight excluding hydrogens is 556 g/mol. The van der Waals surface area contributed by atoms with Gasteiger partial charge in [0.05, 0.1) is 12.1 Å². The van der Waals surface area contributed by atoms with Gasteiger partial charge in [-0.2, -0.15) is 0 Å². The van der Waals surface area contributed by atoms with Crippen LogP contribution < -0.4 is 0 Å². The molecule has 2 aliphatic heterocycles. The fourth-order valence-electron chi connectivity index (χ4n) is 7.29. The van der Waals surface area contributed by atoms with Crippen LogP contribution in [-0.4, -0.2) is 37.1 Å². The van der Waals surface area contributed by atoms with Crippen LogP contribution in [0.15, 0.2) is 9.98 Å². The Morgan fingerprint density at radius 3 is 1.08 bits per heavy atom. The molecule has 6 heteroatoms. The van der Waals surface area contributed by atoms with Crippen molar-refractivity contribution < 1.29 is 43.6 Å². The quantitative estimate of drug-likeness (QED) is 0.292. The van der Waals surface area contributed by atoms with E-state index in [9.17, 15) is 0 Å². The fourth-order valence-corrected chi connectivity index (χ4v) is 7.29. The fraction of sp³-hybridized carbons (Fsp3) is 0.938. The number of hydrogen-bond donors (Lipinski definition) is 0. The maximum absolute atomic E-state index is 6.10. The Kier molecular flexibility index (Phi) is 15.9. The van der Waals surface area contributed by atoms with Gasteiger partial charge in [-0.3, -0.25) is 0 Å². The summed E-state index contributed by atoms with van der Waals surface area (Å²) in [7, 11) is 0. The van der Waals surface area contributed by atoms with E-state index < -0.39 is 0 Å². The predicted octanol–water partition coefficient (Wildman–Crippen LogP) is 8.62. The molecule has 4 nitrogen and oxygen atoms in total. The molecule has 0 spiro atoms. The third-order valence-corrected chi connectivity index (χ3v) is 9.75. The summed E-state index contributed by atoms with van der Waals surface area (Å²) in [5, 5.41) is 0. The van der Waals surface area contributed by atoms with Crippen molar-refractivity contribution in [2.45, 2.75) is 143 Å². The van der Waals surface area contributed by atoms with Crippen LogP contribution in [0.3, 0.4) is 0 Å². The maximum Gasteiger partial charge on any atom is 0.187 e. The predicted molar refractivity (Wildman–Crippen MR) is 152 cm³/mol. The molecule has 4 aliphatic carbocycles. The van der Waals surface area contributed by atoms with E-state index in [1.165, 1.54) is 103 Å². The first-order chi connectivity index (χ1) is 17.5. The molecule has 6 atom stereocenters. The van der Waals surface area contributed by atoms with Crippen molar-refractivity contribution in [1.82, 2.24) is 0 Å². The molecule has 4 saturated carbocycles. The third kappa shape index (κ3) is 9.53. The molecule has 38 heavy (non-hydrogen) atoms. The standard InChI is InChI=1S/C22H36N2O2.2C5H10.2Fe/c1-13(2)19-11-25-21(23-19)17-9-5-7-15(17)16-8-6-10-18(16)22-24-20(12-26-22)14(3)4;2*1-2-4-5-3-1;;/h13-20H,5-12H2,1-4H3;2*1-5H2;;/t15?,16?,17?,18?,19-,20-;;;;/m1..../s1. The molecular formula is C32H56Fe2N2O2. The summed E-state index contributed by atoms with van der Waals surface area (Å²) in [4.78, 5) is 9.96. The SMILES string of the molecule is C1CCCC1.C1CCCC1.CC(C)[C@H]1COC(C2CCCC2C2CCCC2C2=N[C@@H](C(C)C)CO2)=N1.[Fe].[Fe]. The van der Waals surface area contributed by atoms with Gasteiger partial charge in [0.1, 0.15) is 13.2 Å². The average molecular weight is 613 g/mol. The Labute approximate surface area is 255 Å². The minimum absolute atomic E-state index is 0. The Hall–Kier alpha value is -0.0210. The van der Waals surface area contributed by atoms with Crippen molar-refractivity contribution in [3.63, 3.8) is 0 Å². The van der Waals surface area contributed by atoms with E-state index in [-0.39, 0.29) is 34.1 Å². The van der Waals surface area contributed by atoms with Crippen molar-refractivity contribution in [2.75, 3.05) is 13.2 Å². The van der Waals surface area contributed by atoms with E-state index in [1.54, 1.807) is 0 Å². The second kappa shape index (κ2) is 17.7. The molecule has 4 fully saturated rings. The van der Waals surface area contributed by atoms with Gasteiger partial charge in [0.15, 0.2) is 11.8 Å². The molecule has 2 heterocycles. The van der Waals surface area contributed by atoms with E-state index >= 15 is 0 Å². The molecule has 0 amide bonds. The number of ether oxygens (including phenoxy) is 2. The van der Waals surface area contributed by atoms with Gasteiger partial charge in [0.25, 0.3) is 0 Å². The Balaban J connectivity index is 0.000000354. The summed E-state index contributed by atoms with van der Waals surface area (Å²) in [5.41, 5.74) is 0. The van der Waals surface area contributed by atoms with Crippen LogP contribution in [0.1, 0.15) is 130 Å². The second-order valence-corrected chi connectivity index (χ2v) is 13.1. The van der Waals surface area contributed by atoms with E-state index in [0.717, 1.165) is 25.0 Å². The summed E-state index contributed by atoms with van der Waals surface area (Å²) in [6.07, 6.45) is 22.8. The van der Waals surface area contributed by atoms with Gasteiger partial charge in [0, 0.05) is 46.0 Å². The molecule has 0 aromatic carbocycles. The topological polar surface area (TPSA) is 43.2 Å². The van der Waals surface area contributed by atoms with Crippen LogP contribution in [0.4, 0.5) is 0 Å². The summed E-state index contributed by atoms with van der Waals surface area (Å²) >= 11 is 0. The minimum Gasteiger partial charge on any atom is -0.478 e. The van der Waals surface area contributed by atoms with Crippen LogP contribution in [0.25, 0.3) is 0 Å². The first kappa shape index (κ1) is 34.2. The Morgan fingerprint density at radius 1 is 0.500 bits per heavy atom. The van der Waals surface area contributed by atoms with Gasteiger partial charge in [-0.25, -0.2) is 9.98 Å². The van der Waals surface area contributed by atoms with E-state index in [2.05, 4.69) is 27.7 Å². The number of nitrogens with zero attached hydrogens (tertiary/aromatic N) is 2. The zero-order valence-corrected chi connectivity index (χ0v) is 27.0. The smallest absolute Gasteiger partial charge is 0.187 e. The molecule has 222 valence electrons. The van der Waals surface area contributed by atoms with Crippen LogP contribution >= 0.6 is 0 Å². The first-order valence-electron chi connectivity index (χ1n) is 16.0. The summed E-state index contributed by atoms with van der Waals surface area (Å²) in [6, 6.07) is 0.722. The second-order valence-electron chi connectivity index (χ2n) is 13.1. The van der Waals surface area contributed by atoms with Crippen molar-refractivity contribution >= 4 is 11.8 Å². The van der Waals surface area contributed by atoms with Crippen LogP contribution in [0.5, 0.6) is 0 Å². The van der Waals surface area contributed by atoms with Gasteiger partial charge in [0.2, 0.25) is 0 Å². The average Bonchev–Trinajstić information content (AvgIpc) is 3.72. The zero-order valence-electron chi connectivity index (χ0n) is 24.8.